The fraction of sp³-hybridized carbons (Fsp3) is 0.500. The molecule has 0 unspecified atom stereocenters. The van der Waals surface area contributed by atoms with Crippen LogP contribution in [0.2, 0.25) is 0 Å². The first-order chi connectivity index (χ1) is 8.15. The molecular formula is C12H18Cl2FN3O. The minimum absolute atomic E-state index is 0. The van der Waals surface area contributed by atoms with Crippen LogP contribution in [0, 0.1) is 5.82 Å². The van der Waals surface area contributed by atoms with Crippen molar-refractivity contribution < 1.29 is 9.18 Å². The lowest BCUT2D eigenvalue weighted by atomic mass is 9.92. The summed E-state index contributed by atoms with van der Waals surface area (Å²) < 4.78 is 12.9. The molecule has 7 heteroatoms. The zero-order valence-electron chi connectivity index (χ0n) is 10.3. The Balaban J connectivity index is 0.00000162. The second-order valence-corrected chi connectivity index (χ2v) is 4.48. The van der Waals surface area contributed by atoms with Crippen LogP contribution in [0.25, 0.3) is 0 Å². The molecule has 0 aromatic carbocycles. The summed E-state index contributed by atoms with van der Waals surface area (Å²) in [6.07, 6.45) is 6.06. The number of halogens is 3. The molecule has 1 fully saturated rings. The number of carbonyl (C=O) groups excluding carboxylic acids is 1. The molecule has 1 amide bonds. The van der Waals surface area contributed by atoms with Crippen LogP contribution in [-0.2, 0) is 0 Å². The van der Waals surface area contributed by atoms with Crippen molar-refractivity contribution >= 4 is 30.7 Å². The number of carbonyl (C=O) groups is 1. The predicted molar refractivity (Wildman–Crippen MR) is 76.4 cm³/mol. The van der Waals surface area contributed by atoms with Crippen LogP contribution in [0.5, 0.6) is 0 Å². The average Bonchev–Trinajstić information content (AvgIpc) is 2.32. The molecule has 0 bridgehead atoms. The van der Waals surface area contributed by atoms with Gasteiger partial charge in [-0.25, -0.2) is 4.39 Å². The lowest BCUT2D eigenvalue weighted by Crippen LogP contribution is -2.40. The fourth-order valence-corrected chi connectivity index (χ4v) is 2.07. The Labute approximate surface area is 124 Å². The largest absolute Gasteiger partial charge is 0.349 e. The van der Waals surface area contributed by atoms with Gasteiger partial charge in [0.2, 0.25) is 0 Å². The van der Waals surface area contributed by atoms with Gasteiger partial charge in [-0.05, 0) is 31.7 Å². The highest BCUT2D eigenvalue weighted by Gasteiger charge is 2.20. The van der Waals surface area contributed by atoms with Crippen molar-refractivity contribution in [3.63, 3.8) is 0 Å². The minimum Gasteiger partial charge on any atom is -0.349 e. The molecule has 1 aromatic heterocycles. The van der Waals surface area contributed by atoms with E-state index in [1.54, 1.807) is 0 Å². The Bertz CT molecular complexity index is 412. The van der Waals surface area contributed by atoms with Crippen molar-refractivity contribution in [3.05, 3.63) is 29.8 Å². The highest BCUT2D eigenvalue weighted by molar-refractivity contribution is 5.94. The second kappa shape index (κ2) is 8.30. The summed E-state index contributed by atoms with van der Waals surface area (Å²) in [7, 11) is 0. The number of nitrogens with zero attached hydrogens (tertiary/aromatic N) is 1. The minimum atomic E-state index is -0.497. The maximum Gasteiger partial charge on any atom is 0.253 e. The molecule has 1 heterocycles. The molecule has 0 saturated heterocycles. The molecule has 1 aliphatic carbocycles. The summed E-state index contributed by atoms with van der Waals surface area (Å²) in [6.45, 7) is 0. The van der Waals surface area contributed by atoms with E-state index < -0.39 is 5.82 Å². The molecule has 3 N–H and O–H groups in total. The quantitative estimate of drug-likeness (QED) is 0.878. The molecule has 4 nitrogen and oxygen atoms in total. The normalized spacial score (nSPS) is 21.8. The number of amides is 1. The SMILES string of the molecule is Cl.Cl.NC1CCC(NC(=O)c2cncc(F)c2)CC1. The van der Waals surface area contributed by atoms with Gasteiger partial charge in [-0.1, -0.05) is 0 Å². The number of hydrogen-bond donors (Lipinski definition) is 2. The van der Waals surface area contributed by atoms with Crippen molar-refractivity contribution in [2.45, 2.75) is 37.8 Å². The van der Waals surface area contributed by atoms with Crippen molar-refractivity contribution in [1.82, 2.24) is 10.3 Å². The van der Waals surface area contributed by atoms with Gasteiger partial charge in [0, 0.05) is 18.3 Å². The van der Waals surface area contributed by atoms with Crippen molar-refractivity contribution in [3.8, 4) is 0 Å². The molecule has 2 rings (SSSR count). The topological polar surface area (TPSA) is 68.0 Å². The van der Waals surface area contributed by atoms with Crippen LogP contribution in [0.4, 0.5) is 4.39 Å². The Morgan fingerprint density at radius 1 is 1.26 bits per heavy atom. The zero-order valence-corrected chi connectivity index (χ0v) is 12.0. The van der Waals surface area contributed by atoms with Crippen LogP contribution >= 0.6 is 24.8 Å². The average molecular weight is 310 g/mol. The Kier molecular flexibility index (Phi) is 7.90. The molecule has 0 aliphatic heterocycles. The van der Waals surface area contributed by atoms with Gasteiger partial charge in [-0.15, -0.1) is 24.8 Å². The van der Waals surface area contributed by atoms with Gasteiger partial charge in [0.25, 0.3) is 5.91 Å². The van der Waals surface area contributed by atoms with Crippen LogP contribution in [-0.4, -0.2) is 23.0 Å². The summed E-state index contributed by atoms with van der Waals surface area (Å²) in [5, 5.41) is 2.88. The van der Waals surface area contributed by atoms with Gasteiger partial charge < -0.3 is 11.1 Å². The molecular weight excluding hydrogens is 292 g/mol. The van der Waals surface area contributed by atoms with E-state index in [9.17, 15) is 9.18 Å². The van der Waals surface area contributed by atoms with Gasteiger partial charge >= 0.3 is 0 Å². The van der Waals surface area contributed by atoms with Crippen molar-refractivity contribution in [1.29, 1.82) is 0 Å². The van der Waals surface area contributed by atoms with Gasteiger partial charge in [0.15, 0.2) is 0 Å². The van der Waals surface area contributed by atoms with Crippen molar-refractivity contribution in [2.24, 2.45) is 5.73 Å². The molecule has 108 valence electrons. The maximum absolute atomic E-state index is 12.9. The lowest BCUT2D eigenvalue weighted by Gasteiger charge is -2.26. The van der Waals surface area contributed by atoms with E-state index in [0.29, 0.717) is 0 Å². The molecule has 0 atom stereocenters. The van der Waals surface area contributed by atoms with E-state index in [1.807, 2.05) is 0 Å². The number of pyridine rings is 1. The summed E-state index contributed by atoms with van der Waals surface area (Å²) in [6, 6.07) is 1.58. The third-order valence-electron chi connectivity index (χ3n) is 3.07. The number of nitrogens with two attached hydrogens (primary N) is 1. The monoisotopic (exact) mass is 309 g/mol. The van der Waals surface area contributed by atoms with E-state index in [4.69, 9.17) is 5.73 Å². The molecule has 0 spiro atoms. The Morgan fingerprint density at radius 3 is 2.47 bits per heavy atom. The summed E-state index contributed by atoms with van der Waals surface area (Å²) in [5.74, 6) is -0.763. The molecule has 1 saturated carbocycles. The van der Waals surface area contributed by atoms with Gasteiger partial charge in [0.1, 0.15) is 5.82 Å². The molecule has 19 heavy (non-hydrogen) atoms. The third kappa shape index (κ3) is 5.30. The predicted octanol–water partition coefficient (Wildman–Crippen LogP) is 2.06. The smallest absolute Gasteiger partial charge is 0.253 e. The van der Waals surface area contributed by atoms with Gasteiger partial charge in [0.05, 0.1) is 11.8 Å². The number of rotatable bonds is 2. The summed E-state index contributed by atoms with van der Waals surface area (Å²) in [4.78, 5) is 15.5. The molecule has 1 aromatic rings. The van der Waals surface area contributed by atoms with E-state index in [2.05, 4.69) is 10.3 Å². The maximum atomic E-state index is 12.9. The zero-order chi connectivity index (χ0) is 12.3. The highest BCUT2D eigenvalue weighted by atomic mass is 35.5. The Hall–Kier alpha value is -0.910. The lowest BCUT2D eigenvalue weighted by molar-refractivity contribution is 0.0925. The van der Waals surface area contributed by atoms with Crippen molar-refractivity contribution in [2.75, 3.05) is 0 Å². The van der Waals surface area contributed by atoms with Crippen LogP contribution in [0.1, 0.15) is 36.0 Å². The van der Waals surface area contributed by atoms with Gasteiger partial charge in [-0.3, -0.25) is 9.78 Å². The third-order valence-corrected chi connectivity index (χ3v) is 3.07. The van der Waals surface area contributed by atoms with E-state index >= 15 is 0 Å². The second-order valence-electron chi connectivity index (χ2n) is 4.48. The summed E-state index contributed by atoms with van der Waals surface area (Å²) >= 11 is 0. The number of nitrogens with one attached hydrogen (secondary N) is 1. The fourth-order valence-electron chi connectivity index (χ4n) is 2.07. The first kappa shape index (κ1) is 18.1. The molecule has 0 radical (unpaired) electrons. The van der Waals surface area contributed by atoms with E-state index in [1.165, 1.54) is 12.3 Å². The highest BCUT2D eigenvalue weighted by Crippen LogP contribution is 2.17. The first-order valence-electron chi connectivity index (χ1n) is 5.82. The van der Waals surface area contributed by atoms with Gasteiger partial charge in [-0.2, -0.15) is 0 Å². The number of aromatic nitrogens is 1. The van der Waals surface area contributed by atoms with Crippen LogP contribution in [0.15, 0.2) is 18.5 Å². The first-order valence-corrected chi connectivity index (χ1v) is 5.82. The van der Waals surface area contributed by atoms with Crippen LogP contribution in [0.3, 0.4) is 0 Å². The van der Waals surface area contributed by atoms with Crippen LogP contribution < -0.4 is 11.1 Å². The molecule has 1 aliphatic rings. The summed E-state index contributed by atoms with van der Waals surface area (Å²) in [5.41, 5.74) is 6.05. The standard InChI is InChI=1S/C12H16FN3O.2ClH/c13-9-5-8(6-15-7-9)12(17)16-11-3-1-10(14)2-4-11;;/h5-7,10-11H,1-4,14H2,(H,16,17);2*1H. The van der Waals surface area contributed by atoms with E-state index in [0.717, 1.165) is 31.9 Å². The van der Waals surface area contributed by atoms with E-state index in [-0.39, 0.29) is 48.4 Å². The Morgan fingerprint density at radius 2 is 1.89 bits per heavy atom. The number of hydrogen-bond acceptors (Lipinski definition) is 3.